The molecule has 0 saturated carbocycles. The minimum atomic E-state index is -1.27. The van der Waals surface area contributed by atoms with Crippen LogP contribution in [0.1, 0.15) is 49.4 Å². The van der Waals surface area contributed by atoms with Crippen LogP contribution < -0.4 is 9.47 Å². The number of carboxylic acid groups (broad SMARTS) is 1. The Bertz CT molecular complexity index is 1260. The second-order valence-corrected chi connectivity index (χ2v) is 10.1. The Morgan fingerprint density at radius 1 is 1.13 bits per heavy atom. The number of rotatable bonds is 11. The number of hydrogen-bond acceptors (Lipinski definition) is 5. The van der Waals surface area contributed by atoms with Crippen LogP contribution in [-0.4, -0.2) is 54.3 Å². The van der Waals surface area contributed by atoms with E-state index in [2.05, 4.69) is 9.88 Å². The lowest BCUT2D eigenvalue weighted by atomic mass is 9.71. The fourth-order valence-corrected chi connectivity index (χ4v) is 5.40. The number of aromatic nitrogens is 1. The number of fused-ring (bicyclic) bond motifs is 1. The summed E-state index contributed by atoms with van der Waals surface area (Å²) >= 11 is 0. The first-order chi connectivity index (χ1) is 18.2. The molecule has 0 bridgehead atoms. The summed E-state index contributed by atoms with van der Waals surface area (Å²) < 4.78 is 53.3. The maximum atomic E-state index is 15.8. The minimum Gasteiger partial charge on any atom is -0.497 e. The number of methoxy groups -OCH3 is 1. The summed E-state index contributed by atoms with van der Waals surface area (Å²) in [5.41, 5.74) is 1.50. The normalized spacial score (nSPS) is 16.3. The quantitative estimate of drug-likeness (QED) is 0.316. The van der Waals surface area contributed by atoms with Crippen molar-refractivity contribution < 1.29 is 32.5 Å². The molecule has 1 aromatic heterocycles. The smallest absolute Gasteiger partial charge is 0.303 e. The number of carboxylic acids is 1. The third kappa shape index (κ3) is 6.75. The van der Waals surface area contributed by atoms with E-state index < -0.39 is 29.2 Å². The third-order valence-corrected chi connectivity index (χ3v) is 7.51. The fourth-order valence-electron chi connectivity index (χ4n) is 5.40. The van der Waals surface area contributed by atoms with Crippen LogP contribution in [0.5, 0.6) is 11.5 Å². The number of alkyl halides is 1. The van der Waals surface area contributed by atoms with Gasteiger partial charge in [-0.1, -0.05) is 0 Å². The summed E-state index contributed by atoms with van der Waals surface area (Å²) in [7, 11) is 1.56. The maximum absolute atomic E-state index is 15.8. The number of carbonyl (C=O) groups is 1. The molecule has 0 aliphatic carbocycles. The van der Waals surface area contributed by atoms with Gasteiger partial charge in [0.15, 0.2) is 0 Å². The number of pyridine rings is 1. The summed E-state index contributed by atoms with van der Waals surface area (Å²) in [4.78, 5) is 18.3. The van der Waals surface area contributed by atoms with Crippen LogP contribution in [0.2, 0.25) is 0 Å². The molecule has 2 heterocycles. The molecule has 1 saturated heterocycles. The van der Waals surface area contributed by atoms with Gasteiger partial charge in [0.1, 0.15) is 35.9 Å². The molecule has 2 aromatic carbocycles. The maximum Gasteiger partial charge on any atom is 0.303 e. The van der Waals surface area contributed by atoms with Crippen LogP contribution in [0.4, 0.5) is 13.2 Å². The molecule has 0 amide bonds. The molecule has 0 spiro atoms. The Balaban J connectivity index is 1.38. The lowest BCUT2D eigenvalue weighted by molar-refractivity contribution is -0.141. The lowest BCUT2D eigenvalue weighted by Crippen LogP contribution is -2.42. The van der Waals surface area contributed by atoms with Gasteiger partial charge in [0.25, 0.3) is 0 Å². The third-order valence-electron chi connectivity index (χ3n) is 7.51. The Morgan fingerprint density at radius 2 is 1.84 bits per heavy atom. The average Bonchev–Trinajstić information content (AvgIpc) is 2.87. The van der Waals surface area contributed by atoms with Crippen LogP contribution >= 0.6 is 0 Å². The predicted octanol–water partition coefficient (Wildman–Crippen LogP) is 6.26. The summed E-state index contributed by atoms with van der Waals surface area (Å²) in [6, 6.07) is 8.45. The average molecular weight is 531 g/mol. The van der Waals surface area contributed by atoms with Gasteiger partial charge in [-0.2, -0.15) is 0 Å². The van der Waals surface area contributed by atoms with Gasteiger partial charge in [-0.25, -0.2) is 13.2 Å². The Hall–Kier alpha value is -3.33. The molecule has 1 unspecified atom stereocenters. The highest BCUT2D eigenvalue weighted by Crippen LogP contribution is 2.43. The van der Waals surface area contributed by atoms with Gasteiger partial charge >= 0.3 is 5.97 Å². The minimum absolute atomic E-state index is 0.0173. The van der Waals surface area contributed by atoms with Crippen molar-refractivity contribution >= 4 is 16.9 Å². The molecule has 1 N–H and O–H groups in total. The van der Waals surface area contributed by atoms with Gasteiger partial charge in [0.2, 0.25) is 0 Å². The van der Waals surface area contributed by atoms with Gasteiger partial charge in [-0.3, -0.25) is 14.7 Å². The molecule has 0 radical (unpaired) electrons. The van der Waals surface area contributed by atoms with E-state index in [-0.39, 0.29) is 25.2 Å². The molecule has 38 heavy (non-hydrogen) atoms. The van der Waals surface area contributed by atoms with E-state index in [9.17, 15) is 18.7 Å². The highest BCUT2D eigenvalue weighted by atomic mass is 19.1. The van der Waals surface area contributed by atoms with E-state index in [1.54, 1.807) is 31.5 Å². The van der Waals surface area contributed by atoms with E-state index in [1.165, 1.54) is 0 Å². The van der Waals surface area contributed by atoms with Gasteiger partial charge in [-0.05, 0) is 80.4 Å². The number of aryl methyl sites for hydroxylation is 1. The van der Waals surface area contributed by atoms with Gasteiger partial charge in [0.05, 0.1) is 19.0 Å². The Labute approximate surface area is 220 Å². The van der Waals surface area contributed by atoms with Crippen molar-refractivity contribution in [3.8, 4) is 11.5 Å². The second-order valence-electron chi connectivity index (χ2n) is 10.1. The molecular weight excluding hydrogens is 497 g/mol. The SMILES string of the molecule is COc1ccc2ncc(C)c(C(F)CCC3(CC(=O)O)CCN(CCOc4cc(F)cc(F)c4)CC3)c2c1. The molecule has 204 valence electrons. The van der Waals surface area contributed by atoms with E-state index in [1.807, 2.05) is 6.92 Å². The molecule has 1 fully saturated rings. The van der Waals surface area contributed by atoms with Crippen molar-refractivity contribution in [1.29, 1.82) is 0 Å². The first kappa shape index (κ1) is 27.7. The number of nitrogens with zero attached hydrogens (tertiary/aromatic N) is 2. The van der Waals surface area contributed by atoms with Crippen LogP contribution in [0.25, 0.3) is 10.9 Å². The molecule has 4 rings (SSSR count). The highest BCUT2D eigenvalue weighted by molar-refractivity contribution is 5.85. The highest BCUT2D eigenvalue weighted by Gasteiger charge is 2.37. The van der Waals surface area contributed by atoms with Crippen LogP contribution in [0, 0.1) is 24.0 Å². The van der Waals surface area contributed by atoms with Crippen LogP contribution in [0.3, 0.4) is 0 Å². The first-order valence-electron chi connectivity index (χ1n) is 12.8. The zero-order valence-electron chi connectivity index (χ0n) is 21.7. The molecule has 9 heteroatoms. The van der Waals surface area contributed by atoms with E-state index in [4.69, 9.17) is 9.47 Å². The number of aliphatic carboxylic acids is 1. The summed E-state index contributed by atoms with van der Waals surface area (Å²) in [5, 5.41) is 10.3. The number of piperidine rings is 1. The molecular formula is C29H33F3N2O4. The second kappa shape index (κ2) is 12.0. The first-order valence-corrected chi connectivity index (χ1v) is 12.8. The Morgan fingerprint density at radius 3 is 2.50 bits per heavy atom. The van der Waals surface area contributed by atoms with E-state index >= 15 is 4.39 Å². The van der Waals surface area contributed by atoms with Gasteiger partial charge in [-0.15, -0.1) is 0 Å². The zero-order valence-corrected chi connectivity index (χ0v) is 21.7. The molecule has 6 nitrogen and oxygen atoms in total. The van der Waals surface area contributed by atoms with Crippen molar-refractivity contribution in [2.75, 3.05) is 33.4 Å². The standard InChI is InChI=1S/C29H33F3N2O4/c1-19-18-33-26-4-3-22(37-2)16-24(26)28(19)25(32)5-6-29(17-27(35)36)7-9-34(10-8-29)11-12-38-23-14-20(30)13-21(31)15-23/h3-4,13-16,18,25H,5-12,17H2,1-2H3,(H,35,36). The molecule has 1 atom stereocenters. The van der Waals surface area contributed by atoms with Crippen molar-refractivity contribution in [3.05, 3.63) is 65.4 Å². The largest absolute Gasteiger partial charge is 0.497 e. The zero-order chi connectivity index (χ0) is 27.3. The summed E-state index contributed by atoms with van der Waals surface area (Å²) in [6.07, 6.45) is 2.27. The number of likely N-dealkylation sites (tertiary alicyclic amines) is 1. The summed E-state index contributed by atoms with van der Waals surface area (Å²) in [6.45, 7) is 3.90. The summed E-state index contributed by atoms with van der Waals surface area (Å²) in [5.74, 6) is -1.53. The number of ether oxygens (including phenoxy) is 2. The number of benzene rings is 2. The van der Waals surface area contributed by atoms with Crippen LogP contribution in [-0.2, 0) is 4.79 Å². The van der Waals surface area contributed by atoms with Crippen molar-refractivity contribution in [3.63, 3.8) is 0 Å². The molecule has 1 aliphatic heterocycles. The van der Waals surface area contributed by atoms with Gasteiger partial charge < -0.3 is 14.6 Å². The predicted molar refractivity (Wildman–Crippen MR) is 138 cm³/mol. The van der Waals surface area contributed by atoms with Crippen molar-refractivity contribution in [1.82, 2.24) is 9.88 Å². The molecule has 3 aromatic rings. The monoisotopic (exact) mass is 530 g/mol. The molecule has 1 aliphatic rings. The number of hydrogen-bond donors (Lipinski definition) is 1. The van der Waals surface area contributed by atoms with Gasteiger partial charge in [0, 0.05) is 36.3 Å². The van der Waals surface area contributed by atoms with Crippen LogP contribution in [0.15, 0.2) is 42.6 Å². The number of halogens is 3. The van der Waals surface area contributed by atoms with Crippen molar-refractivity contribution in [2.24, 2.45) is 5.41 Å². The fraction of sp³-hybridized carbons (Fsp3) is 0.448. The van der Waals surface area contributed by atoms with Crippen molar-refractivity contribution in [2.45, 2.75) is 45.2 Å². The van der Waals surface area contributed by atoms with E-state index in [0.29, 0.717) is 61.1 Å². The van der Waals surface area contributed by atoms with E-state index in [0.717, 1.165) is 23.8 Å². The lowest BCUT2D eigenvalue weighted by Gasteiger charge is -2.41. The topological polar surface area (TPSA) is 71.9 Å². The Kier molecular flexibility index (Phi) is 8.76.